The third-order valence-corrected chi connectivity index (χ3v) is 5.94. The van der Waals surface area contributed by atoms with E-state index in [4.69, 9.17) is 4.74 Å². The maximum absolute atomic E-state index is 12.2. The van der Waals surface area contributed by atoms with E-state index in [-0.39, 0.29) is 5.92 Å². The number of carbonyl (C=O) groups excluding carboxylic acids is 1. The van der Waals surface area contributed by atoms with Crippen LogP contribution in [0.5, 0.6) is 0 Å². The molecular formula is C30H24N2O2. The molecule has 1 N–H and O–H groups in total. The van der Waals surface area contributed by atoms with Crippen molar-refractivity contribution >= 4 is 6.09 Å². The molecular weight excluding hydrogens is 420 g/mol. The van der Waals surface area contributed by atoms with Crippen LogP contribution in [0.2, 0.25) is 0 Å². The SMILES string of the molecule is O=C(NCCC#Cc1ccc(-c2ccccn2)cc1)OCC1c2ccccc2-c2ccccc21. The summed E-state index contributed by atoms with van der Waals surface area (Å²) in [6.07, 6.45) is 1.92. The molecule has 0 saturated carbocycles. The van der Waals surface area contributed by atoms with Gasteiger partial charge in [0, 0.05) is 36.2 Å². The number of hydrogen-bond acceptors (Lipinski definition) is 3. The second-order valence-corrected chi connectivity index (χ2v) is 8.10. The fourth-order valence-electron chi connectivity index (χ4n) is 4.30. The van der Waals surface area contributed by atoms with E-state index in [1.807, 2.05) is 66.7 Å². The van der Waals surface area contributed by atoms with Gasteiger partial charge in [-0.25, -0.2) is 4.79 Å². The van der Waals surface area contributed by atoms with Crippen molar-refractivity contribution in [3.8, 4) is 34.2 Å². The zero-order chi connectivity index (χ0) is 23.2. The fraction of sp³-hybridized carbons (Fsp3) is 0.133. The minimum absolute atomic E-state index is 0.0620. The quantitative estimate of drug-likeness (QED) is 0.302. The highest BCUT2D eigenvalue weighted by atomic mass is 16.5. The van der Waals surface area contributed by atoms with Gasteiger partial charge in [0.25, 0.3) is 0 Å². The molecule has 34 heavy (non-hydrogen) atoms. The first-order valence-corrected chi connectivity index (χ1v) is 11.4. The monoisotopic (exact) mass is 444 g/mol. The van der Waals surface area contributed by atoms with Gasteiger partial charge >= 0.3 is 6.09 Å². The second-order valence-electron chi connectivity index (χ2n) is 8.10. The summed E-state index contributed by atoms with van der Waals surface area (Å²) in [5, 5.41) is 2.80. The van der Waals surface area contributed by atoms with Crippen molar-refractivity contribution in [1.29, 1.82) is 0 Å². The number of ether oxygens (including phenoxy) is 1. The Bertz CT molecular complexity index is 1310. The molecule has 1 aliphatic rings. The van der Waals surface area contributed by atoms with E-state index in [9.17, 15) is 4.79 Å². The lowest BCUT2D eigenvalue weighted by molar-refractivity contribution is 0.143. The summed E-state index contributed by atoms with van der Waals surface area (Å²) in [5.41, 5.74) is 7.77. The van der Waals surface area contributed by atoms with Crippen molar-refractivity contribution in [2.45, 2.75) is 12.3 Å². The highest BCUT2D eigenvalue weighted by molar-refractivity contribution is 5.79. The lowest BCUT2D eigenvalue weighted by Crippen LogP contribution is -2.26. The summed E-state index contributed by atoms with van der Waals surface area (Å²) in [6.45, 7) is 0.754. The van der Waals surface area contributed by atoms with E-state index in [0.29, 0.717) is 19.6 Å². The Balaban J connectivity index is 1.10. The van der Waals surface area contributed by atoms with Crippen LogP contribution in [0.3, 0.4) is 0 Å². The summed E-state index contributed by atoms with van der Waals surface area (Å²) in [4.78, 5) is 16.6. The van der Waals surface area contributed by atoms with Crippen LogP contribution in [-0.2, 0) is 4.74 Å². The van der Waals surface area contributed by atoms with Crippen LogP contribution in [0.1, 0.15) is 29.0 Å². The van der Waals surface area contributed by atoms with Crippen molar-refractivity contribution in [2.24, 2.45) is 0 Å². The molecule has 0 fully saturated rings. The maximum atomic E-state index is 12.2. The summed E-state index contributed by atoms with van der Waals surface area (Å²) >= 11 is 0. The molecule has 0 spiro atoms. The smallest absolute Gasteiger partial charge is 0.407 e. The van der Waals surface area contributed by atoms with Crippen LogP contribution >= 0.6 is 0 Å². The molecule has 1 aliphatic carbocycles. The zero-order valence-corrected chi connectivity index (χ0v) is 18.7. The van der Waals surface area contributed by atoms with Crippen LogP contribution in [-0.4, -0.2) is 24.2 Å². The molecule has 1 heterocycles. The molecule has 166 valence electrons. The normalized spacial score (nSPS) is 11.6. The highest BCUT2D eigenvalue weighted by Gasteiger charge is 2.28. The molecule has 0 atom stereocenters. The molecule has 0 aliphatic heterocycles. The molecule has 0 radical (unpaired) electrons. The van der Waals surface area contributed by atoms with Gasteiger partial charge in [0.05, 0.1) is 5.69 Å². The average molecular weight is 445 g/mol. The van der Waals surface area contributed by atoms with E-state index < -0.39 is 6.09 Å². The number of nitrogens with one attached hydrogen (secondary N) is 1. The standard InChI is InChI=1S/C30H24N2O2/c33-30(34-21-28-26-12-3-1-10-24(26)25-11-2-4-13-27(25)28)32-20-7-5-9-22-15-17-23(18-16-22)29-14-6-8-19-31-29/h1-4,6,8,10-19,28H,7,20-21H2,(H,32,33). The molecule has 0 saturated heterocycles. The lowest BCUT2D eigenvalue weighted by atomic mass is 9.98. The number of fused-ring (bicyclic) bond motifs is 3. The molecule has 4 aromatic rings. The number of nitrogens with zero attached hydrogens (tertiary/aromatic N) is 1. The number of carbonyl (C=O) groups is 1. The number of aromatic nitrogens is 1. The van der Waals surface area contributed by atoms with Gasteiger partial charge in [-0.3, -0.25) is 4.98 Å². The Morgan fingerprint density at radius 2 is 1.53 bits per heavy atom. The molecule has 1 amide bonds. The van der Waals surface area contributed by atoms with Crippen LogP contribution in [0.15, 0.2) is 97.2 Å². The van der Waals surface area contributed by atoms with Gasteiger partial charge in [-0.05, 0) is 46.5 Å². The Morgan fingerprint density at radius 3 is 2.21 bits per heavy atom. The van der Waals surface area contributed by atoms with Crippen LogP contribution < -0.4 is 5.32 Å². The van der Waals surface area contributed by atoms with E-state index in [2.05, 4.69) is 46.4 Å². The third kappa shape index (κ3) is 4.69. The highest BCUT2D eigenvalue weighted by Crippen LogP contribution is 2.44. The van der Waals surface area contributed by atoms with Crippen molar-refractivity contribution in [3.05, 3.63) is 114 Å². The largest absolute Gasteiger partial charge is 0.449 e. The summed E-state index contributed by atoms with van der Waals surface area (Å²) < 4.78 is 5.56. The Morgan fingerprint density at radius 1 is 0.853 bits per heavy atom. The molecule has 0 unspecified atom stereocenters. The van der Waals surface area contributed by atoms with Crippen molar-refractivity contribution in [2.75, 3.05) is 13.2 Å². The van der Waals surface area contributed by atoms with E-state index in [1.165, 1.54) is 22.3 Å². The number of amides is 1. The molecule has 3 aromatic carbocycles. The first-order valence-electron chi connectivity index (χ1n) is 11.4. The van der Waals surface area contributed by atoms with Gasteiger partial charge in [0.15, 0.2) is 0 Å². The number of benzene rings is 3. The zero-order valence-electron chi connectivity index (χ0n) is 18.7. The summed E-state index contributed by atoms with van der Waals surface area (Å²) in [5.74, 6) is 6.30. The van der Waals surface area contributed by atoms with Gasteiger partial charge in [-0.1, -0.05) is 78.6 Å². The van der Waals surface area contributed by atoms with Gasteiger partial charge in [-0.2, -0.15) is 0 Å². The van der Waals surface area contributed by atoms with Gasteiger partial charge < -0.3 is 10.1 Å². The minimum Gasteiger partial charge on any atom is -0.449 e. The Labute approximate surface area is 199 Å². The third-order valence-electron chi connectivity index (χ3n) is 5.94. The maximum Gasteiger partial charge on any atom is 0.407 e. The predicted octanol–water partition coefficient (Wildman–Crippen LogP) is 6.03. The van der Waals surface area contributed by atoms with Crippen molar-refractivity contribution < 1.29 is 9.53 Å². The lowest BCUT2D eigenvalue weighted by Gasteiger charge is -2.14. The number of rotatable bonds is 5. The number of pyridine rings is 1. The molecule has 0 bridgehead atoms. The van der Waals surface area contributed by atoms with Crippen LogP contribution in [0.25, 0.3) is 22.4 Å². The summed E-state index contributed by atoms with van der Waals surface area (Å²) in [7, 11) is 0. The van der Waals surface area contributed by atoms with E-state index >= 15 is 0 Å². The summed E-state index contributed by atoms with van der Waals surface area (Å²) in [6, 6.07) is 30.5. The average Bonchev–Trinajstić information content (AvgIpc) is 3.22. The minimum atomic E-state index is -0.414. The van der Waals surface area contributed by atoms with E-state index in [1.54, 1.807) is 6.20 Å². The van der Waals surface area contributed by atoms with Crippen LogP contribution in [0.4, 0.5) is 4.79 Å². The van der Waals surface area contributed by atoms with Gasteiger partial charge in [-0.15, -0.1) is 0 Å². The number of alkyl carbamates (subject to hydrolysis) is 1. The molecule has 5 rings (SSSR count). The van der Waals surface area contributed by atoms with Crippen molar-refractivity contribution in [3.63, 3.8) is 0 Å². The first-order chi connectivity index (χ1) is 16.8. The number of hydrogen-bond donors (Lipinski definition) is 1. The van der Waals surface area contributed by atoms with Gasteiger partial charge in [0.2, 0.25) is 0 Å². The van der Waals surface area contributed by atoms with Crippen molar-refractivity contribution in [1.82, 2.24) is 10.3 Å². The first kappa shape index (κ1) is 21.5. The Kier molecular flexibility index (Phi) is 6.36. The molecule has 4 heteroatoms. The Hall–Kier alpha value is -4.36. The fourth-order valence-corrected chi connectivity index (χ4v) is 4.30. The van der Waals surface area contributed by atoms with Gasteiger partial charge in [0.1, 0.15) is 6.61 Å². The van der Waals surface area contributed by atoms with Crippen LogP contribution in [0, 0.1) is 11.8 Å². The second kappa shape index (κ2) is 10.1. The molecule has 4 nitrogen and oxygen atoms in total. The van der Waals surface area contributed by atoms with E-state index in [0.717, 1.165) is 16.8 Å². The molecule has 1 aromatic heterocycles. The predicted molar refractivity (Wildman–Crippen MR) is 134 cm³/mol. The topological polar surface area (TPSA) is 51.2 Å².